The van der Waals surface area contributed by atoms with E-state index in [9.17, 15) is 4.79 Å². The standard InChI is InChI=1S/C19H21ClN4O3/c1-3-8-24(11-17(25)21-15-7-6-14(20)10-13(15)2)12-18-22-23-19(27-18)16-5-4-9-26-16/h4-7,9-10H,3,8,11-12H2,1-2H3,(H,21,25). The molecular formula is C19H21ClN4O3. The van der Waals surface area contributed by atoms with Gasteiger partial charge in [0.1, 0.15) is 0 Å². The molecule has 0 fully saturated rings. The molecule has 27 heavy (non-hydrogen) atoms. The van der Waals surface area contributed by atoms with Gasteiger partial charge in [-0.3, -0.25) is 9.69 Å². The van der Waals surface area contributed by atoms with Crippen LogP contribution in [0.3, 0.4) is 0 Å². The van der Waals surface area contributed by atoms with Crippen molar-refractivity contribution in [1.82, 2.24) is 15.1 Å². The maximum Gasteiger partial charge on any atom is 0.283 e. The molecule has 1 N–H and O–H groups in total. The van der Waals surface area contributed by atoms with Gasteiger partial charge in [-0.15, -0.1) is 10.2 Å². The van der Waals surface area contributed by atoms with E-state index >= 15 is 0 Å². The average molecular weight is 389 g/mol. The quantitative estimate of drug-likeness (QED) is 0.624. The Kier molecular flexibility index (Phi) is 6.26. The number of halogens is 1. The van der Waals surface area contributed by atoms with Crippen LogP contribution in [-0.4, -0.2) is 34.1 Å². The van der Waals surface area contributed by atoms with Gasteiger partial charge < -0.3 is 14.2 Å². The lowest BCUT2D eigenvalue weighted by Crippen LogP contribution is -2.33. The first-order valence-electron chi connectivity index (χ1n) is 8.69. The van der Waals surface area contributed by atoms with E-state index in [2.05, 4.69) is 22.4 Å². The van der Waals surface area contributed by atoms with Gasteiger partial charge in [0, 0.05) is 10.7 Å². The van der Waals surface area contributed by atoms with Crippen molar-refractivity contribution in [1.29, 1.82) is 0 Å². The van der Waals surface area contributed by atoms with Crippen molar-refractivity contribution in [2.45, 2.75) is 26.8 Å². The molecule has 7 nitrogen and oxygen atoms in total. The van der Waals surface area contributed by atoms with Crippen LogP contribution in [-0.2, 0) is 11.3 Å². The van der Waals surface area contributed by atoms with Crippen LogP contribution in [0.25, 0.3) is 11.7 Å². The zero-order valence-corrected chi connectivity index (χ0v) is 16.0. The maximum absolute atomic E-state index is 12.4. The smallest absolute Gasteiger partial charge is 0.283 e. The van der Waals surface area contributed by atoms with Gasteiger partial charge in [0.15, 0.2) is 5.76 Å². The molecule has 3 rings (SSSR count). The van der Waals surface area contributed by atoms with Crippen LogP contribution in [0.1, 0.15) is 24.8 Å². The molecule has 2 heterocycles. The predicted molar refractivity (Wildman–Crippen MR) is 102 cm³/mol. The molecule has 2 aromatic heterocycles. The fourth-order valence-electron chi connectivity index (χ4n) is 2.70. The number of aryl methyl sites for hydroxylation is 1. The van der Waals surface area contributed by atoms with Crippen molar-refractivity contribution in [3.05, 3.63) is 53.1 Å². The highest BCUT2D eigenvalue weighted by atomic mass is 35.5. The van der Waals surface area contributed by atoms with Crippen molar-refractivity contribution >= 4 is 23.2 Å². The Morgan fingerprint density at radius 3 is 2.85 bits per heavy atom. The van der Waals surface area contributed by atoms with Crippen molar-refractivity contribution in [3.8, 4) is 11.7 Å². The molecule has 0 saturated heterocycles. The molecule has 0 radical (unpaired) electrons. The first-order valence-corrected chi connectivity index (χ1v) is 9.07. The van der Waals surface area contributed by atoms with E-state index in [0.717, 1.165) is 24.2 Å². The lowest BCUT2D eigenvalue weighted by atomic mass is 10.2. The summed E-state index contributed by atoms with van der Waals surface area (Å²) >= 11 is 5.96. The third-order valence-corrected chi connectivity index (χ3v) is 4.16. The van der Waals surface area contributed by atoms with Gasteiger partial charge in [0.05, 0.1) is 19.4 Å². The number of benzene rings is 1. The van der Waals surface area contributed by atoms with Crippen molar-refractivity contribution in [3.63, 3.8) is 0 Å². The summed E-state index contributed by atoms with van der Waals surface area (Å²) in [7, 11) is 0. The van der Waals surface area contributed by atoms with Gasteiger partial charge in [-0.2, -0.15) is 0 Å². The monoisotopic (exact) mass is 388 g/mol. The molecular weight excluding hydrogens is 368 g/mol. The Labute approximate surface area is 162 Å². The number of amides is 1. The number of aromatic nitrogens is 2. The number of carbonyl (C=O) groups is 1. The molecule has 3 aromatic rings. The van der Waals surface area contributed by atoms with Crippen LogP contribution in [0.15, 0.2) is 45.4 Å². The number of furan rings is 1. The molecule has 0 aliphatic rings. The lowest BCUT2D eigenvalue weighted by Gasteiger charge is -2.19. The largest absolute Gasteiger partial charge is 0.459 e. The van der Waals surface area contributed by atoms with Gasteiger partial charge >= 0.3 is 0 Å². The number of hydrogen-bond donors (Lipinski definition) is 1. The van der Waals surface area contributed by atoms with Crippen LogP contribution >= 0.6 is 11.6 Å². The minimum absolute atomic E-state index is 0.111. The number of anilines is 1. The van der Waals surface area contributed by atoms with Crippen molar-refractivity contribution < 1.29 is 13.6 Å². The zero-order valence-electron chi connectivity index (χ0n) is 15.2. The van der Waals surface area contributed by atoms with Gasteiger partial charge in [-0.1, -0.05) is 18.5 Å². The minimum Gasteiger partial charge on any atom is -0.459 e. The summed E-state index contributed by atoms with van der Waals surface area (Å²) in [4.78, 5) is 14.4. The Hall–Kier alpha value is -2.64. The van der Waals surface area contributed by atoms with Gasteiger partial charge in [0.25, 0.3) is 5.89 Å². The molecule has 0 saturated carbocycles. The van der Waals surface area contributed by atoms with E-state index in [4.69, 9.17) is 20.4 Å². The summed E-state index contributed by atoms with van der Waals surface area (Å²) in [6.07, 6.45) is 2.44. The first kappa shape index (κ1) is 19.1. The molecule has 142 valence electrons. The Bertz CT molecular complexity index is 892. The van der Waals surface area contributed by atoms with Crippen LogP contribution in [0.4, 0.5) is 5.69 Å². The van der Waals surface area contributed by atoms with Gasteiger partial charge in [-0.25, -0.2) is 0 Å². The lowest BCUT2D eigenvalue weighted by molar-refractivity contribution is -0.117. The SMILES string of the molecule is CCCN(CC(=O)Nc1ccc(Cl)cc1C)Cc1nnc(-c2ccco2)o1. The van der Waals surface area contributed by atoms with Crippen LogP contribution < -0.4 is 5.32 Å². The van der Waals surface area contributed by atoms with E-state index in [1.807, 2.05) is 17.9 Å². The second-order valence-electron chi connectivity index (χ2n) is 6.20. The molecule has 0 atom stereocenters. The van der Waals surface area contributed by atoms with E-state index in [1.165, 1.54) is 0 Å². The summed E-state index contributed by atoms with van der Waals surface area (Å²) in [5.74, 6) is 1.17. The molecule has 1 amide bonds. The van der Waals surface area contributed by atoms with Gasteiger partial charge in [-0.05, 0) is 55.8 Å². The molecule has 8 heteroatoms. The molecule has 0 bridgehead atoms. The number of nitrogens with one attached hydrogen (secondary N) is 1. The predicted octanol–water partition coefficient (Wildman–Crippen LogP) is 4.14. The topological polar surface area (TPSA) is 84.4 Å². The van der Waals surface area contributed by atoms with E-state index in [1.54, 1.807) is 30.5 Å². The summed E-state index contributed by atoms with van der Waals surface area (Å²) < 4.78 is 10.9. The van der Waals surface area contributed by atoms with E-state index in [0.29, 0.717) is 29.1 Å². The summed E-state index contributed by atoms with van der Waals surface area (Å²) in [5, 5.41) is 11.6. The molecule has 0 spiro atoms. The molecule has 0 unspecified atom stereocenters. The minimum atomic E-state index is -0.111. The molecule has 0 aliphatic heterocycles. The highest BCUT2D eigenvalue weighted by molar-refractivity contribution is 6.30. The summed E-state index contributed by atoms with van der Waals surface area (Å²) in [6, 6.07) is 8.88. The summed E-state index contributed by atoms with van der Waals surface area (Å²) in [6.45, 7) is 5.28. The Morgan fingerprint density at radius 2 is 2.15 bits per heavy atom. The number of hydrogen-bond acceptors (Lipinski definition) is 6. The van der Waals surface area contributed by atoms with Crippen LogP contribution in [0, 0.1) is 6.92 Å². The summed E-state index contributed by atoms with van der Waals surface area (Å²) in [5.41, 5.74) is 1.66. The normalized spacial score (nSPS) is 11.1. The zero-order chi connectivity index (χ0) is 19.2. The fourth-order valence-corrected chi connectivity index (χ4v) is 2.93. The first-order chi connectivity index (χ1) is 13.0. The second-order valence-corrected chi connectivity index (χ2v) is 6.63. The number of nitrogens with zero attached hydrogens (tertiary/aromatic N) is 3. The molecule has 1 aromatic carbocycles. The van der Waals surface area contributed by atoms with Crippen LogP contribution in [0.5, 0.6) is 0 Å². The second kappa shape index (κ2) is 8.83. The maximum atomic E-state index is 12.4. The van der Waals surface area contributed by atoms with E-state index in [-0.39, 0.29) is 12.5 Å². The van der Waals surface area contributed by atoms with Crippen molar-refractivity contribution in [2.24, 2.45) is 0 Å². The number of rotatable bonds is 8. The highest BCUT2D eigenvalue weighted by Crippen LogP contribution is 2.20. The molecule has 0 aliphatic carbocycles. The van der Waals surface area contributed by atoms with Crippen molar-refractivity contribution in [2.75, 3.05) is 18.4 Å². The Morgan fingerprint density at radius 1 is 1.30 bits per heavy atom. The fraction of sp³-hybridized carbons (Fsp3) is 0.316. The third kappa shape index (κ3) is 5.18. The average Bonchev–Trinajstić information content (AvgIpc) is 3.29. The Balaban J connectivity index is 1.62. The van der Waals surface area contributed by atoms with Gasteiger partial charge in [0.2, 0.25) is 11.8 Å². The van der Waals surface area contributed by atoms with Crippen LogP contribution in [0.2, 0.25) is 5.02 Å². The van der Waals surface area contributed by atoms with E-state index < -0.39 is 0 Å². The number of carbonyl (C=O) groups excluding carboxylic acids is 1. The highest BCUT2D eigenvalue weighted by Gasteiger charge is 2.17. The third-order valence-electron chi connectivity index (χ3n) is 3.93.